The van der Waals surface area contributed by atoms with Gasteiger partial charge in [-0.25, -0.2) is 0 Å². The number of hydrogen-bond acceptors (Lipinski definition) is 10. The van der Waals surface area contributed by atoms with Crippen molar-refractivity contribution in [2.75, 3.05) is 13.7 Å². The summed E-state index contributed by atoms with van der Waals surface area (Å²) in [6.45, 7) is 26.4. The van der Waals surface area contributed by atoms with Gasteiger partial charge in [0.05, 0.1) is 19.8 Å². The van der Waals surface area contributed by atoms with Gasteiger partial charge in [-0.15, -0.1) is 0 Å². The maximum Gasteiger partial charge on any atom is 0.305 e. The minimum Gasteiger partial charge on any atom is -0.469 e. The van der Waals surface area contributed by atoms with E-state index in [0.29, 0.717) is 24.2 Å². The van der Waals surface area contributed by atoms with Gasteiger partial charge in [0.2, 0.25) is 0 Å². The molecule has 0 N–H and O–H groups in total. The van der Waals surface area contributed by atoms with E-state index in [2.05, 4.69) is 60.8 Å². The molecule has 0 radical (unpaired) electrons. The van der Waals surface area contributed by atoms with E-state index < -0.39 is 42.5 Å². The molecule has 52 heavy (non-hydrogen) atoms. The summed E-state index contributed by atoms with van der Waals surface area (Å²) in [7, 11) is 1.46. The Labute approximate surface area is 311 Å². The Balaban J connectivity index is 1.56. The van der Waals surface area contributed by atoms with Gasteiger partial charge in [0.1, 0.15) is 0 Å². The largest absolute Gasteiger partial charge is 0.469 e. The standard InChI is InChI=1S/C42H64O10/c1-24(2)30-15-13-25(3)31(41(30,10)22-20-36(46)47-12)16-17-32-26(4)14-18-34-40(8,9)35(19-21-42(32,34)11)52-39-38(51-29(7)45)37(50-28(6)44)33(23-48-39)49-27(5)43/h13,30-35,37-39H,1,4,14-23H2,2-3,5-12H3/t30-,31-,32-,33+,34-,35-,37-,38+,39-,41-,42+/m0/s1. The van der Waals surface area contributed by atoms with Crippen LogP contribution in [-0.4, -0.2) is 68.3 Å². The van der Waals surface area contributed by atoms with Crippen LogP contribution in [0.15, 0.2) is 36.0 Å². The lowest BCUT2D eigenvalue weighted by molar-refractivity contribution is -0.308. The molecule has 4 rings (SSSR count). The third kappa shape index (κ3) is 8.69. The molecule has 1 aliphatic heterocycles. The minimum absolute atomic E-state index is 0.0233. The van der Waals surface area contributed by atoms with Crippen molar-refractivity contribution in [3.8, 4) is 0 Å². The van der Waals surface area contributed by atoms with Gasteiger partial charge in [-0.3, -0.25) is 19.2 Å². The third-order valence-electron chi connectivity index (χ3n) is 13.4. The average molecular weight is 729 g/mol. The number of ether oxygens (including phenoxy) is 6. The fraction of sp³-hybridized carbons (Fsp3) is 0.762. The molecule has 10 nitrogen and oxygen atoms in total. The number of hydrogen-bond donors (Lipinski definition) is 0. The van der Waals surface area contributed by atoms with Crippen molar-refractivity contribution in [2.24, 2.45) is 39.9 Å². The first-order chi connectivity index (χ1) is 24.3. The molecule has 4 aliphatic rings. The molecule has 0 aromatic heterocycles. The Bertz CT molecular complexity index is 1410. The van der Waals surface area contributed by atoms with E-state index in [9.17, 15) is 19.2 Å². The molecular weight excluding hydrogens is 664 g/mol. The highest BCUT2D eigenvalue weighted by Crippen LogP contribution is 2.63. The van der Waals surface area contributed by atoms with Crippen LogP contribution in [-0.2, 0) is 47.6 Å². The highest BCUT2D eigenvalue weighted by Gasteiger charge is 2.58. The smallest absolute Gasteiger partial charge is 0.305 e. The molecule has 1 saturated heterocycles. The van der Waals surface area contributed by atoms with Crippen LogP contribution in [0.4, 0.5) is 0 Å². The molecule has 292 valence electrons. The van der Waals surface area contributed by atoms with E-state index in [1.807, 2.05) is 0 Å². The number of methoxy groups -OCH3 is 1. The summed E-state index contributed by atoms with van der Waals surface area (Å²) in [5.41, 5.74) is 3.44. The van der Waals surface area contributed by atoms with Crippen LogP contribution in [0.1, 0.15) is 120 Å². The molecule has 0 unspecified atom stereocenters. The maximum absolute atomic E-state index is 12.4. The summed E-state index contributed by atoms with van der Waals surface area (Å²) in [6.07, 6.45) is 5.63. The molecule has 0 aromatic carbocycles. The van der Waals surface area contributed by atoms with Gasteiger partial charge in [-0.1, -0.05) is 63.6 Å². The second kappa shape index (κ2) is 16.6. The van der Waals surface area contributed by atoms with Crippen molar-refractivity contribution in [3.63, 3.8) is 0 Å². The second-order valence-corrected chi connectivity index (χ2v) is 17.1. The first-order valence-corrected chi connectivity index (χ1v) is 19.1. The van der Waals surface area contributed by atoms with Gasteiger partial charge >= 0.3 is 23.9 Å². The second-order valence-electron chi connectivity index (χ2n) is 17.1. The summed E-state index contributed by atoms with van der Waals surface area (Å²) in [4.78, 5) is 48.6. The lowest BCUT2D eigenvalue weighted by atomic mass is 9.46. The van der Waals surface area contributed by atoms with Gasteiger partial charge in [0, 0.05) is 27.2 Å². The predicted molar refractivity (Wildman–Crippen MR) is 197 cm³/mol. The molecule has 0 bridgehead atoms. The zero-order valence-electron chi connectivity index (χ0n) is 33.3. The van der Waals surface area contributed by atoms with E-state index in [4.69, 9.17) is 28.4 Å². The Morgan fingerprint density at radius 2 is 1.52 bits per heavy atom. The summed E-state index contributed by atoms with van der Waals surface area (Å²) in [5, 5.41) is 0. The number of carbonyl (C=O) groups is 4. The monoisotopic (exact) mass is 728 g/mol. The third-order valence-corrected chi connectivity index (χ3v) is 13.4. The Hall–Kier alpha value is -2.98. The molecule has 0 amide bonds. The SMILES string of the molecule is C=C(C)[C@@H]1CC=C(C)[C@H](CC[C@H]2C(=C)CC[C@H]3C(C)(C)[C@@H](O[C@@H]4OC[C@@H](OC(C)=O)[C@H](OC(C)=O)[C@H]4OC(C)=O)CC[C@]23C)[C@@]1(C)CCC(=O)OC. The molecule has 3 fully saturated rings. The normalized spacial score (nSPS) is 37.2. The van der Waals surface area contributed by atoms with Crippen molar-refractivity contribution in [2.45, 2.75) is 151 Å². The van der Waals surface area contributed by atoms with Gasteiger partial charge in [0.25, 0.3) is 0 Å². The number of carbonyl (C=O) groups excluding carboxylic acids is 4. The van der Waals surface area contributed by atoms with Crippen LogP contribution in [0.25, 0.3) is 0 Å². The molecule has 1 heterocycles. The van der Waals surface area contributed by atoms with E-state index in [0.717, 1.165) is 56.9 Å². The topological polar surface area (TPSA) is 124 Å². The van der Waals surface area contributed by atoms with Crippen molar-refractivity contribution < 1.29 is 47.6 Å². The van der Waals surface area contributed by atoms with Crippen LogP contribution in [0.5, 0.6) is 0 Å². The predicted octanol–water partition coefficient (Wildman–Crippen LogP) is 7.83. The first-order valence-electron chi connectivity index (χ1n) is 19.1. The number of allylic oxidation sites excluding steroid dienone is 4. The van der Waals surface area contributed by atoms with Gasteiger partial charge in [-0.05, 0) is 105 Å². The van der Waals surface area contributed by atoms with Crippen molar-refractivity contribution in [1.82, 2.24) is 0 Å². The van der Waals surface area contributed by atoms with Crippen LogP contribution < -0.4 is 0 Å². The zero-order valence-corrected chi connectivity index (χ0v) is 33.3. The van der Waals surface area contributed by atoms with Crippen LogP contribution >= 0.6 is 0 Å². The van der Waals surface area contributed by atoms with Gasteiger partial charge in [0.15, 0.2) is 24.6 Å². The fourth-order valence-corrected chi connectivity index (χ4v) is 10.9. The molecule has 10 heteroatoms. The zero-order chi connectivity index (χ0) is 38.8. The molecule has 11 atom stereocenters. The minimum atomic E-state index is -1.12. The quantitative estimate of drug-likeness (QED) is 0.0850. The summed E-state index contributed by atoms with van der Waals surface area (Å²) >= 11 is 0. The van der Waals surface area contributed by atoms with Gasteiger partial charge in [-0.2, -0.15) is 0 Å². The fourth-order valence-electron chi connectivity index (χ4n) is 10.9. The van der Waals surface area contributed by atoms with Crippen LogP contribution in [0, 0.1) is 39.9 Å². The molecule has 0 aromatic rings. The Morgan fingerprint density at radius 3 is 2.12 bits per heavy atom. The van der Waals surface area contributed by atoms with Crippen molar-refractivity contribution in [1.29, 1.82) is 0 Å². The molecule has 0 spiro atoms. The van der Waals surface area contributed by atoms with E-state index in [1.54, 1.807) is 0 Å². The number of fused-ring (bicyclic) bond motifs is 1. The highest BCUT2D eigenvalue weighted by molar-refractivity contribution is 5.69. The maximum atomic E-state index is 12.4. The molecular formula is C42H64O10. The number of rotatable bonds is 12. The van der Waals surface area contributed by atoms with E-state index in [1.165, 1.54) is 39.0 Å². The van der Waals surface area contributed by atoms with Gasteiger partial charge < -0.3 is 28.4 Å². The average Bonchev–Trinajstić information content (AvgIpc) is 3.03. The van der Waals surface area contributed by atoms with Crippen molar-refractivity contribution >= 4 is 23.9 Å². The van der Waals surface area contributed by atoms with Crippen LogP contribution in [0.2, 0.25) is 0 Å². The first kappa shape index (κ1) is 41.8. The Morgan fingerprint density at radius 1 is 0.904 bits per heavy atom. The Kier molecular flexibility index (Phi) is 13.3. The summed E-state index contributed by atoms with van der Waals surface area (Å²) in [6, 6.07) is 0. The number of esters is 4. The summed E-state index contributed by atoms with van der Waals surface area (Å²) in [5.74, 6) is -0.715. The molecule has 2 saturated carbocycles. The lowest BCUT2D eigenvalue weighted by Crippen LogP contribution is -2.61. The lowest BCUT2D eigenvalue weighted by Gasteiger charge is -2.61. The van der Waals surface area contributed by atoms with Crippen molar-refractivity contribution in [3.05, 3.63) is 36.0 Å². The summed E-state index contributed by atoms with van der Waals surface area (Å²) < 4.78 is 34.6. The molecule has 3 aliphatic carbocycles. The van der Waals surface area contributed by atoms with E-state index in [-0.39, 0.29) is 40.8 Å². The van der Waals surface area contributed by atoms with E-state index >= 15 is 0 Å². The van der Waals surface area contributed by atoms with Crippen LogP contribution in [0.3, 0.4) is 0 Å². The highest BCUT2D eigenvalue weighted by atomic mass is 16.7.